The minimum absolute atomic E-state index is 0.129. The quantitative estimate of drug-likeness (QED) is 0.894. The van der Waals surface area contributed by atoms with E-state index in [4.69, 9.17) is 21.4 Å². The third kappa shape index (κ3) is 2.73. The zero-order valence-corrected chi connectivity index (χ0v) is 10.3. The largest absolute Gasteiger partial charge is 0.482 e. The van der Waals surface area contributed by atoms with Crippen LogP contribution >= 0.6 is 11.6 Å². The van der Waals surface area contributed by atoms with Crippen molar-refractivity contribution in [3.05, 3.63) is 29.3 Å². The number of carboxylic acids is 1. The van der Waals surface area contributed by atoms with Gasteiger partial charge in [-0.05, 0) is 12.1 Å². The first-order valence-electron chi connectivity index (χ1n) is 5.46. The minimum atomic E-state index is -0.869. The minimum Gasteiger partial charge on any atom is -0.482 e. The van der Waals surface area contributed by atoms with E-state index in [1.54, 1.807) is 24.3 Å². The number of ether oxygens (including phenoxy) is 1. The first kappa shape index (κ1) is 12.7. The smallest absolute Gasteiger partial charge is 0.310 e. The molecule has 1 aromatic rings. The number of halogens is 1. The molecule has 1 aromatic carbocycles. The molecule has 96 valence electrons. The normalized spacial score (nSPS) is 15.1. The molecule has 1 saturated heterocycles. The van der Waals surface area contributed by atoms with Crippen LogP contribution < -0.4 is 4.74 Å². The molecule has 1 aliphatic rings. The van der Waals surface area contributed by atoms with E-state index in [1.807, 2.05) is 0 Å². The lowest BCUT2D eigenvalue weighted by Gasteiger charge is -2.36. The average molecular weight is 270 g/mol. The first-order chi connectivity index (χ1) is 8.58. The van der Waals surface area contributed by atoms with Crippen molar-refractivity contribution in [2.75, 3.05) is 19.7 Å². The number of carboxylic acid groups (broad SMARTS) is 1. The van der Waals surface area contributed by atoms with Gasteiger partial charge in [0.05, 0.1) is 10.9 Å². The highest BCUT2D eigenvalue weighted by atomic mass is 35.5. The molecule has 0 unspecified atom stereocenters. The van der Waals surface area contributed by atoms with E-state index in [2.05, 4.69) is 0 Å². The lowest BCUT2D eigenvalue weighted by Crippen LogP contribution is -2.54. The van der Waals surface area contributed by atoms with Gasteiger partial charge in [0.15, 0.2) is 6.61 Å². The fourth-order valence-electron chi connectivity index (χ4n) is 1.63. The van der Waals surface area contributed by atoms with Crippen molar-refractivity contribution in [1.82, 2.24) is 4.90 Å². The van der Waals surface area contributed by atoms with Crippen LogP contribution in [-0.2, 0) is 9.59 Å². The Hall–Kier alpha value is -1.75. The van der Waals surface area contributed by atoms with E-state index >= 15 is 0 Å². The second-order valence-electron chi connectivity index (χ2n) is 4.05. The summed E-state index contributed by atoms with van der Waals surface area (Å²) in [5.41, 5.74) is 0. The van der Waals surface area contributed by atoms with E-state index in [0.29, 0.717) is 10.8 Å². The van der Waals surface area contributed by atoms with Gasteiger partial charge < -0.3 is 14.7 Å². The zero-order chi connectivity index (χ0) is 13.1. The Bertz CT molecular complexity index is 471. The van der Waals surface area contributed by atoms with Crippen LogP contribution in [0.1, 0.15) is 0 Å². The molecule has 0 saturated carbocycles. The molecule has 6 heteroatoms. The molecule has 1 heterocycles. The van der Waals surface area contributed by atoms with Gasteiger partial charge in [0.1, 0.15) is 5.75 Å². The molecule has 0 aromatic heterocycles. The van der Waals surface area contributed by atoms with Crippen LogP contribution in [0.4, 0.5) is 0 Å². The number of aliphatic carboxylic acids is 1. The van der Waals surface area contributed by atoms with E-state index in [-0.39, 0.29) is 25.6 Å². The van der Waals surface area contributed by atoms with E-state index in [1.165, 1.54) is 4.90 Å². The van der Waals surface area contributed by atoms with Crippen LogP contribution in [0.2, 0.25) is 5.02 Å². The summed E-state index contributed by atoms with van der Waals surface area (Å²) in [5, 5.41) is 9.13. The lowest BCUT2D eigenvalue weighted by atomic mass is 10.0. The zero-order valence-electron chi connectivity index (χ0n) is 9.51. The molecule has 1 N–H and O–H groups in total. The molecule has 2 rings (SSSR count). The summed E-state index contributed by atoms with van der Waals surface area (Å²) in [5.74, 6) is -1.10. The van der Waals surface area contributed by atoms with Crippen molar-refractivity contribution < 1.29 is 19.4 Å². The van der Waals surface area contributed by atoms with Gasteiger partial charge in [-0.15, -0.1) is 0 Å². The number of benzene rings is 1. The maximum Gasteiger partial charge on any atom is 0.310 e. The fourth-order valence-corrected chi connectivity index (χ4v) is 1.82. The SMILES string of the molecule is O=C(O)C1CN(C(=O)COc2ccccc2Cl)C1. The highest BCUT2D eigenvalue weighted by Gasteiger charge is 2.35. The summed E-state index contributed by atoms with van der Waals surface area (Å²) < 4.78 is 5.28. The molecule has 18 heavy (non-hydrogen) atoms. The topological polar surface area (TPSA) is 66.8 Å². The Morgan fingerprint density at radius 3 is 2.67 bits per heavy atom. The predicted molar refractivity (Wildman–Crippen MR) is 64.7 cm³/mol. The van der Waals surface area contributed by atoms with Crippen LogP contribution in [0.25, 0.3) is 0 Å². The molecular formula is C12H12ClNO4. The van der Waals surface area contributed by atoms with Crippen molar-refractivity contribution in [1.29, 1.82) is 0 Å². The number of likely N-dealkylation sites (tertiary alicyclic amines) is 1. The van der Waals surface area contributed by atoms with Crippen LogP contribution in [0.15, 0.2) is 24.3 Å². The number of hydrogen-bond donors (Lipinski definition) is 1. The standard InChI is InChI=1S/C12H12ClNO4/c13-9-3-1-2-4-10(9)18-7-11(15)14-5-8(6-14)12(16)17/h1-4,8H,5-7H2,(H,16,17). The highest BCUT2D eigenvalue weighted by molar-refractivity contribution is 6.32. The second kappa shape index (κ2) is 5.27. The van der Waals surface area contributed by atoms with Crippen LogP contribution in [0.3, 0.4) is 0 Å². The molecule has 0 aliphatic carbocycles. The molecule has 0 radical (unpaired) electrons. The molecule has 5 nitrogen and oxygen atoms in total. The van der Waals surface area contributed by atoms with Crippen LogP contribution in [0, 0.1) is 5.92 Å². The summed E-state index contributed by atoms with van der Waals surface area (Å²) in [6.45, 7) is 0.371. The Labute approximate surface area is 109 Å². The van der Waals surface area contributed by atoms with Crippen molar-refractivity contribution in [2.45, 2.75) is 0 Å². The molecule has 0 atom stereocenters. The Kier molecular flexibility index (Phi) is 3.72. The summed E-state index contributed by atoms with van der Waals surface area (Å²) in [7, 11) is 0. The Balaban J connectivity index is 1.80. The van der Waals surface area contributed by atoms with Crippen molar-refractivity contribution >= 4 is 23.5 Å². The van der Waals surface area contributed by atoms with Gasteiger partial charge in [-0.1, -0.05) is 23.7 Å². The maximum atomic E-state index is 11.6. The van der Waals surface area contributed by atoms with Gasteiger partial charge >= 0.3 is 5.97 Å². The van der Waals surface area contributed by atoms with E-state index in [9.17, 15) is 9.59 Å². The van der Waals surface area contributed by atoms with Gasteiger partial charge in [0.2, 0.25) is 0 Å². The molecular weight excluding hydrogens is 258 g/mol. The number of hydrogen-bond acceptors (Lipinski definition) is 3. The summed E-state index contributed by atoms with van der Waals surface area (Å²) in [6.07, 6.45) is 0. The summed E-state index contributed by atoms with van der Waals surface area (Å²) >= 11 is 5.87. The van der Waals surface area contributed by atoms with Crippen molar-refractivity contribution in [3.63, 3.8) is 0 Å². The molecule has 1 fully saturated rings. The maximum absolute atomic E-state index is 11.6. The first-order valence-corrected chi connectivity index (χ1v) is 5.83. The Morgan fingerprint density at radius 1 is 1.39 bits per heavy atom. The molecule has 1 aliphatic heterocycles. The molecule has 1 amide bonds. The highest BCUT2D eigenvalue weighted by Crippen LogP contribution is 2.23. The fraction of sp³-hybridized carbons (Fsp3) is 0.333. The van der Waals surface area contributed by atoms with Gasteiger partial charge in [-0.2, -0.15) is 0 Å². The second-order valence-corrected chi connectivity index (χ2v) is 4.46. The number of para-hydroxylation sites is 1. The van der Waals surface area contributed by atoms with Gasteiger partial charge in [0.25, 0.3) is 5.91 Å². The van der Waals surface area contributed by atoms with Crippen LogP contribution in [-0.4, -0.2) is 41.6 Å². The average Bonchev–Trinajstić information content (AvgIpc) is 2.25. The van der Waals surface area contributed by atoms with Gasteiger partial charge in [-0.25, -0.2) is 0 Å². The number of amides is 1. The number of carbonyl (C=O) groups is 2. The number of nitrogens with zero attached hydrogens (tertiary/aromatic N) is 1. The van der Waals surface area contributed by atoms with Gasteiger partial charge in [0, 0.05) is 13.1 Å². The number of carbonyl (C=O) groups excluding carboxylic acids is 1. The van der Waals surface area contributed by atoms with Crippen molar-refractivity contribution in [3.8, 4) is 5.75 Å². The summed E-state index contributed by atoms with van der Waals surface area (Å²) in [4.78, 5) is 23.7. The van der Waals surface area contributed by atoms with Crippen LogP contribution in [0.5, 0.6) is 5.75 Å². The predicted octanol–water partition coefficient (Wildman–Crippen LogP) is 1.26. The number of rotatable bonds is 4. The molecule has 0 bridgehead atoms. The summed E-state index contributed by atoms with van der Waals surface area (Å²) in [6, 6.07) is 6.87. The van der Waals surface area contributed by atoms with Gasteiger partial charge in [-0.3, -0.25) is 9.59 Å². The van der Waals surface area contributed by atoms with E-state index < -0.39 is 11.9 Å². The van der Waals surface area contributed by atoms with Crippen molar-refractivity contribution in [2.24, 2.45) is 5.92 Å². The third-order valence-electron chi connectivity index (χ3n) is 2.77. The lowest BCUT2D eigenvalue weighted by molar-refractivity contribution is -0.153. The van der Waals surface area contributed by atoms with E-state index in [0.717, 1.165) is 0 Å². The molecule has 0 spiro atoms. The Morgan fingerprint density at radius 2 is 2.06 bits per heavy atom. The monoisotopic (exact) mass is 269 g/mol. The third-order valence-corrected chi connectivity index (χ3v) is 3.08.